The molecule has 1 rings (SSSR count). The maximum Gasteiger partial charge on any atom is 0.126 e. The quantitative estimate of drug-likeness (QED) is 0.389. The molecular weight excluding hydrogens is 169 g/mol. The van der Waals surface area contributed by atoms with E-state index in [0.717, 1.165) is 5.56 Å². The number of aryl methyl sites for hydroxylation is 1. The molecule has 0 N–H and O–H groups in total. The molecule has 0 radical (unpaired) electrons. The van der Waals surface area contributed by atoms with Gasteiger partial charge in [0.15, 0.2) is 0 Å². The van der Waals surface area contributed by atoms with E-state index in [1.165, 1.54) is 6.07 Å². The van der Waals surface area contributed by atoms with E-state index in [0.29, 0.717) is 18.5 Å². The van der Waals surface area contributed by atoms with Gasteiger partial charge in [0.05, 0.1) is 0 Å². The number of hydrogen-bond acceptors (Lipinski definition) is 1. The van der Waals surface area contributed by atoms with E-state index < -0.39 is 0 Å². The van der Waals surface area contributed by atoms with Gasteiger partial charge in [0, 0.05) is 11.5 Å². The molecule has 0 aromatic heterocycles. The van der Waals surface area contributed by atoms with E-state index in [9.17, 15) is 4.39 Å². The first-order chi connectivity index (χ1) is 6.24. The van der Waals surface area contributed by atoms with Crippen LogP contribution in [0.3, 0.4) is 0 Å². The van der Waals surface area contributed by atoms with Crippen molar-refractivity contribution in [2.24, 2.45) is 5.11 Å². The zero-order valence-electron chi connectivity index (χ0n) is 7.37. The molecule has 3 nitrogen and oxygen atoms in total. The first-order valence-electron chi connectivity index (χ1n) is 4.00. The minimum absolute atomic E-state index is 0.229. The molecule has 0 bridgehead atoms. The average molecular weight is 179 g/mol. The number of azide groups is 1. The summed E-state index contributed by atoms with van der Waals surface area (Å²) in [4.78, 5) is 2.60. The lowest BCUT2D eigenvalue weighted by Crippen LogP contribution is -1.93. The van der Waals surface area contributed by atoms with Crippen LogP contribution in [0.5, 0.6) is 0 Å². The summed E-state index contributed by atoms with van der Waals surface area (Å²) in [6, 6.07) is 5.04. The summed E-state index contributed by atoms with van der Waals surface area (Å²) in [6.07, 6.45) is 0.455. The molecule has 0 spiro atoms. The van der Waals surface area contributed by atoms with Crippen molar-refractivity contribution in [1.29, 1.82) is 0 Å². The fourth-order valence-corrected chi connectivity index (χ4v) is 1.07. The SMILES string of the molecule is Cc1ccc(CCN=[N+]=[N-])c(F)c1. The molecule has 0 unspecified atom stereocenters. The Hall–Kier alpha value is -1.54. The van der Waals surface area contributed by atoms with E-state index >= 15 is 0 Å². The molecule has 13 heavy (non-hydrogen) atoms. The highest BCUT2D eigenvalue weighted by atomic mass is 19.1. The molecule has 1 aromatic rings. The fourth-order valence-electron chi connectivity index (χ4n) is 1.07. The van der Waals surface area contributed by atoms with Crippen LogP contribution in [-0.4, -0.2) is 6.54 Å². The molecule has 4 heteroatoms. The number of halogens is 1. The Kier molecular flexibility index (Phi) is 3.29. The lowest BCUT2D eigenvalue weighted by Gasteiger charge is -2.00. The molecule has 0 saturated carbocycles. The van der Waals surface area contributed by atoms with Gasteiger partial charge in [-0.15, -0.1) is 0 Å². The Labute approximate surface area is 75.8 Å². The Morgan fingerprint density at radius 3 is 2.92 bits per heavy atom. The topological polar surface area (TPSA) is 48.8 Å². The molecule has 0 aliphatic rings. The van der Waals surface area contributed by atoms with Gasteiger partial charge in [0.2, 0.25) is 0 Å². The molecule has 0 saturated heterocycles. The van der Waals surface area contributed by atoms with Crippen LogP contribution in [0.15, 0.2) is 23.3 Å². The standard InChI is InChI=1S/C9H10FN3/c1-7-2-3-8(9(10)6-7)4-5-12-13-11/h2-3,6H,4-5H2,1H3. The zero-order chi connectivity index (χ0) is 9.68. The molecule has 0 heterocycles. The summed E-state index contributed by atoms with van der Waals surface area (Å²) < 4.78 is 13.1. The van der Waals surface area contributed by atoms with Crippen LogP contribution >= 0.6 is 0 Å². The monoisotopic (exact) mass is 179 g/mol. The van der Waals surface area contributed by atoms with Crippen molar-refractivity contribution < 1.29 is 4.39 Å². The Morgan fingerprint density at radius 1 is 1.54 bits per heavy atom. The third-order valence-corrected chi connectivity index (χ3v) is 1.75. The first-order valence-corrected chi connectivity index (χ1v) is 4.00. The van der Waals surface area contributed by atoms with Gasteiger partial charge in [-0.2, -0.15) is 0 Å². The van der Waals surface area contributed by atoms with Gasteiger partial charge in [-0.3, -0.25) is 0 Å². The molecule has 0 aliphatic heterocycles. The summed E-state index contributed by atoms with van der Waals surface area (Å²) in [5.41, 5.74) is 9.51. The zero-order valence-corrected chi connectivity index (χ0v) is 7.37. The van der Waals surface area contributed by atoms with Gasteiger partial charge in [0.25, 0.3) is 0 Å². The maximum absolute atomic E-state index is 13.1. The Morgan fingerprint density at radius 2 is 2.31 bits per heavy atom. The highest BCUT2D eigenvalue weighted by molar-refractivity contribution is 5.23. The summed E-state index contributed by atoms with van der Waals surface area (Å²) >= 11 is 0. The van der Waals surface area contributed by atoms with Gasteiger partial charge in [-0.25, -0.2) is 4.39 Å². The van der Waals surface area contributed by atoms with Crippen molar-refractivity contribution >= 4 is 0 Å². The second kappa shape index (κ2) is 4.48. The summed E-state index contributed by atoms with van der Waals surface area (Å²) in [7, 11) is 0. The van der Waals surface area contributed by atoms with Gasteiger partial charge < -0.3 is 0 Å². The maximum atomic E-state index is 13.1. The van der Waals surface area contributed by atoms with Crippen molar-refractivity contribution in [1.82, 2.24) is 0 Å². The number of nitrogens with zero attached hydrogens (tertiary/aromatic N) is 3. The van der Waals surface area contributed by atoms with Crippen LogP contribution in [0.1, 0.15) is 11.1 Å². The van der Waals surface area contributed by atoms with Crippen molar-refractivity contribution in [2.45, 2.75) is 13.3 Å². The van der Waals surface area contributed by atoms with Crippen molar-refractivity contribution in [3.05, 3.63) is 45.6 Å². The number of rotatable bonds is 3. The van der Waals surface area contributed by atoms with Gasteiger partial charge in [-0.1, -0.05) is 17.2 Å². The van der Waals surface area contributed by atoms with Crippen LogP contribution in [-0.2, 0) is 6.42 Å². The van der Waals surface area contributed by atoms with Crippen LogP contribution in [0.2, 0.25) is 0 Å². The minimum atomic E-state index is -0.229. The van der Waals surface area contributed by atoms with E-state index in [4.69, 9.17) is 5.53 Å². The lowest BCUT2D eigenvalue weighted by atomic mass is 10.1. The molecule has 0 atom stereocenters. The van der Waals surface area contributed by atoms with Crippen LogP contribution in [0.4, 0.5) is 4.39 Å². The molecule has 0 fully saturated rings. The molecular formula is C9H10FN3. The predicted molar refractivity (Wildman–Crippen MR) is 48.9 cm³/mol. The molecule has 68 valence electrons. The molecule has 0 aliphatic carbocycles. The first kappa shape index (κ1) is 9.55. The Balaban J connectivity index is 2.71. The highest BCUT2D eigenvalue weighted by Crippen LogP contribution is 2.10. The third kappa shape index (κ3) is 2.76. The number of benzene rings is 1. The smallest absolute Gasteiger partial charge is 0.126 e. The molecule has 1 aromatic carbocycles. The fraction of sp³-hybridized carbons (Fsp3) is 0.333. The average Bonchev–Trinajstić information content (AvgIpc) is 2.09. The number of hydrogen-bond donors (Lipinski definition) is 0. The van der Waals surface area contributed by atoms with Crippen LogP contribution in [0.25, 0.3) is 10.4 Å². The van der Waals surface area contributed by atoms with E-state index in [2.05, 4.69) is 10.0 Å². The molecule has 0 amide bonds. The largest absolute Gasteiger partial charge is 0.207 e. The van der Waals surface area contributed by atoms with Crippen molar-refractivity contribution in [3.8, 4) is 0 Å². The van der Waals surface area contributed by atoms with Crippen molar-refractivity contribution in [3.63, 3.8) is 0 Å². The van der Waals surface area contributed by atoms with E-state index in [1.807, 2.05) is 13.0 Å². The third-order valence-electron chi connectivity index (χ3n) is 1.75. The van der Waals surface area contributed by atoms with E-state index in [1.54, 1.807) is 6.07 Å². The van der Waals surface area contributed by atoms with E-state index in [-0.39, 0.29) is 5.82 Å². The van der Waals surface area contributed by atoms with Gasteiger partial charge >= 0.3 is 0 Å². The highest BCUT2D eigenvalue weighted by Gasteiger charge is 2.00. The van der Waals surface area contributed by atoms with Gasteiger partial charge in [-0.05, 0) is 36.1 Å². The minimum Gasteiger partial charge on any atom is -0.207 e. The summed E-state index contributed by atoms with van der Waals surface area (Å²) in [5.74, 6) is -0.229. The Bertz CT molecular complexity index is 343. The van der Waals surface area contributed by atoms with Crippen molar-refractivity contribution in [2.75, 3.05) is 6.54 Å². The predicted octanol–water partition coefficient (Wildman–Crippen LogP) is 2.99. The second-order valence-electron chi connectivity index (χ2n) is 2.80. The summed E-state index contributed by atoms with van der Waals surface area (Å²) in [5, 5.41) is 3.34. The normalized spacial score (nSPS) is 9.38. The lowest BCUT2D eigenvalue weighted by molar-refractivity contribution is 0.608. The second-order valence-corrected chi connectivity index (χ2v) is 2.80. The summed E-state index contributed by atoms with van der Waals surface area (Å²) in [6.45, 7) is 2.14. The van der Waals surface area contributed by atoms with Crippen LogP contribution < -0.4 is 0 Å². The van der Waals surface area contributed by atoms with Crippen LogP contribution in [0, 0.1) is 12.7 Å². The van der Waals surface area contributed by atoms with Gasteiger partial charge in [0.1, 0.15) is 5.82 Å².